The van der Waals surface area contributed by atoms with Crippen LogP contribution in [-0.2, 0) is 14.8 Å². The molecule has 0 aliphatic rings. The maximum atomic E-state index is 12.3. The summed E-state index contributed by atoms with van der Waals surface area (Å²) in [4.78, 5) is 11.9. The second-order valence-corrected chi connectivity index (χ2v) is 6.57. The molecule has 2 N–H and O–H groups in total. The third-order valence-electron chi connectivity index (χ3n) is 2.74. The Morgan fingerprint density at radius 2 is 2.09 bits per heavy atom. The van der Waals surface area contributed by atoms with Gasteiger partial charge in [0.05, 0.1) is 22.8 Å². The molecule has 0 aliphatic carbocycles. The largest absolute Gasteiger partial charge is 0.459 e. The summed E-state index contributed by atoms with van der Waals surface area (Å²) in [5, 5.41) is 9.44. The zero-order valence-electron chi connectivity index (χ0n) is 12.3. The summed E-state index contributed by atoms with van der Waals surface area (Å²) in [6, 6.07) is 4.24. The zero-order chi connectivity index (χ0) is 16.3. The number of carbonyl (C=O) groups is 1. The van der Waals surface area contributed by atoms with E-state index in [2.05, 4.69) is 20.1 Å². The van der Waals surface area contributed by atoms with E-state index in [-0.39, 0.29) is 22.4 Å². The van der Waals surface area contributed by atoms with Crippen LogP contribution in [-0.4, -0.2) is 35.9 Å². The molecular weight excluding hydrogens is 308 g/mol. The molecule has 2 aromatic rings. The summed E-state index contributed by atoms with van der Waals surface area (Å²) in [6.45, 7) is 5.15. The van der Waals surface area contributed by atoms with Gasteiger partial charge in [-0.3, -0.25) is 4.72 Å². The average Bonchev–Trinajstić information content (AvgIpc) is 2.90. The topological polar surface area (TPSA) is 114 Å². The van der Waals surface area contributed by atoms with Crippen LogP contribution in [0.25, 0.3) is 0 Å². The minimum absolute atomic E-state index is 0.0585. The van der Waals surface area contributed by atoms with Crippen LogP contribution in [0, 0.1) is 6.92 Å². The van der Waals surface area contributed by atoms with Gasteiger partial charge in [-0.15, -0.1) is 5.10 Å². The summed E-state index contributed by atoms with van der Waals surface area (Å²) in [5.74, 6) is -0.502. The first-order valence-corrected chi connectivity index (χ1v) is 7.98. The zero-order valence-corrected chi connectivity index (χ0v) is 13.1. The van der Waals surface area contributed by atoms with Gasteiger partial charge < -0.3 is 4.74 Å². The Balaban J connectivity index is 2.34. The van der Waals surface area contributed by atoms with Crippen LogP contribution in [0.1, 0.15) is 29.8 Å². The summed E-state index contributed by atoms with van der Waals surface area (Å²) >= 11 is 0. The van der Waals surface area contributed by atoms with Gasteiger partial charge >= 0.3 is 5.97 Å². The number of carbonyl (C=O) groups excluding carboxylic acids is 1. The third-order valence-corrected chi connectivity index (χ3v) is 4.09. The third kappa shape index (κ3) is 3.61. The van der Waals surface area contributed by atoms with Crippen molar-refractivity contribution in [1.82, 2.24) is 15.4 Å². The van der Waals surface area contributed by atoms with Crippen molar-refractivity contribution in [2.24, 2.45) is 0 Å². The molecule has 0 amide bonds. The van der Waals surface area contributed by atoms with Crippen LogP contribution < -0.4 is 4.72 Å². The normalized spacial score (nSPS) is 11.5. The molecule has 22 heavy (non-hydrogen) atoms. The fourth-order valence-electron chi connectivity index (χ4n) is 1.71. The Labute approximate surface area is 127 Å². The smallest absolute Gasteiger partial charge is 0.338 e. The summed E-state index contributed by atoms with van der Waals surface area (Å²) < 4.78 is 31.9. The van der Waals surface area contributed by atoms with Crippen molar-refractivity contribution in [2.45, 2.75) is 31.8 Å². The van der Waals surface area contributed by atoms with Gasteiger partial charge in [-0.25, -0.2) is 13.2 Å². The number of aryl methyl sites for hydroxylation is 1. The van der Waals surface area contributed by atoms with Crippen molar-refractivity contribution in [3.63, 3.8) is 0 Å². The van der Waals surface area contributed by atoms with Gasteiger partial charge in [-0.1, -0.05) is 6.07 Å². The molecule has 0 radical (unpaired) electrons. The van der Waals surface area contributed by atoms with Gasteiger partial charge in [0.1, 0.15) is 0 Å². The van der Waals surface area contributed by atoms with E-state index in [0.29, 0.717) is 5.56 Å². The lowest BCUT2D eigenvalue weighted by atomic mass is 10.1. The van der Waals surface area contributed by atoms with Crippen LogP contribution >= 0.6 is 0 Å². The summed E-state index contributed by atoms with van der Waals surface area (Å²) in [7, 11) is -3.86. The number of hydrogen-bond acceptors (Lipinski definition) is 6. The molecule has 8 nitrogen and oxygen atoms in total. The second-order valence-electron chi connectivity index (χ2n) is 4.89. The first-order valence-electron chi connectivity index (χ1n) is 6.50. The maximum absolute atomic E-state index is 12.3. The van der Waals surface area contributed by atoms with Gasteiger partial charge in [0, 0.05) is 0 Å². The number of anilines is 1. The molecule has 0 unspecified atom stereocenters. The molecule has 0 saturated heterocycles. The fourth-order valence-corrected chi connectivity index (χ4v) is 2.72. The molecule has 0 fully saturated rings. The van der Waals surface area contributed by atoms with Crippen molar-refractivity contribution >= 4 is 21.8 Å². The lowest BCUT2D eigenvalue weighted by Crippen LogP contribution is -2.16. The number of hydrogen-bond donors (Lipinski definition) is 2. The highest BCUT2D eigenvalue weighted by atomic mass is 32.2. The highest BCUT2D eigenvalue weighted by Gasteiger charge is 2.20. The Bertz CT molecular complexity index is 769. The van der Waals surface area contributed by atoms with E-state index in [4.69, 9.17) is 4.74 Å². The number of esters is 1. The number of rotatable bonds is 5. The minimum atomic E-state index is -3.86. The number of H-pyrrole nitrogens is 1. The first-order chi connectivity index (χ1) is 10.3. The molecule has 1 heterocycles. The summed E-state index contributed by atoms with van der Waals surface area (Å²) in [5.41, 5.74) is 0.836. The van der Waals surface area contributed by atoms with Crippen molar-refractivity contribution in [1.29, 1.82) is 0 Å². The Kier molecular flexibility index (Phi) is 4.45. The Morgan fingerprint density at radius 1 is 1.36 bits per heavy atom. The number of ether oxygens (including phenoxy) is 1. The van der Waals surface area contributed by atoms with E-state index in [0.717, 1.165) is 0 Å². The lowest BCUT2D eigenvalue weighted by Gasteiger charge is -2.12. The van der Waals surface area contributed by atoms with E-state index in [1.807, 2.05) is 0 Å². The molecular formula is C13H16N4O4S. The second kappa shape index (κ2) is 6.14. The van der Waals surface area contributed by atoms with E-state index in [1.165, 1.54) is 18.3 Å². The molecule has 1 aromatic heterocycles. The van der Waals surface area contributed by atoms with Crippen LogP contribution in [0.2, 0.25) is 0 Å². The van der Waals surface area contributed by atoms with Gasteiger partial charge in [-0.2, -0.15) is 10.3 Å². The molecule has 2 rings (SSSR count). The number of aromatic nitrogens is 3. The molecule has 0 atom stereocenters. The van der Waals surface area contributed by atoms with Crippen molar-refractivity contribution in [3.05, 3.63) is 35.5 Å². The predicted octanol–water partition coefficient (Wildman–Crippen LogP) is 1.48. The first kappa shape index (κ1) is 16.0. The maximum Gasteiger partial charge on any atom is 0.338 e. The molecule has 0 aliphatic heterocycles. The lowest BCUT2D eigenvalue weighted by molar-refractivity contribution is 0.0377. The monoisotopic (exact) mass is 324 g/mol. The van der Waals surface area contributed by atoms with Gasteiger partial charge in [0.25, 0.3) is 10.0 Å². The highest BCUT2D eigenvalue weighted by Crippen LogP contribution is 2.19. The van der Waals surface area contributed by atoms with Crippen LogP contribution in [0.4, 0.5) is 5.82 Å². The Hall–Kier alpha value is -2.42. The minimum Gasteiger partial charge on any atom is -0.459 e. The van der Waals surface area contributed by atoms with Crippen LogP contribution in [0.3, 0.4) is 0 Å². The van der Waals surface area contributed by atoms with E-state index >= 15 is 0 Å². The standard InChI is InChI=1S/C13H16N4O4S/c1-8(2)21-13(18)11-6-10(5-4-9(11)3)22(19,20)16-12-7-14-17-15-12/h4-8H,1-3H3,(H2,14,15,16,17). The number of sulfonamides is 1. The van der Waals surface area contributed by atoms with Gasteiger partial charge in [0.15, 0.2) is 5.82 Å². The molecule has 0 bridgehead atoms. The highest BCUT2D eigenvalue weighted by molar-refractivity contribution is 7.92. The number of nitrogens with one attached hydrogen (secondary N) is 2. The van der Waals surface area contributed by atoms with Gasteiger partial charge in [0.2, 0.25) is 0 Å². The number of aromatic amines is 1. The van der Waals surface area contributed by atoms with Crippen molar-refractivity contribution in [3.8, 4) is 0 Å². The number of nitrogens with zero attached hydrogens (tertiary/aromatic N) is 2. The van der Waals surface area contributed by atoms with Crippen LogP contribution in [0.5, 0.6) is 0 Å². The van der Waals surface area contributed by atoms with E-state index < -0.39 is 16.0 Å². The molecule has 0 spiro atoms. The Morgan fingerprint density at radius 3 is 2.68 bits per heavy atom. The molecule has 0 saturated carbocycles. The van der Waals surface area contributed by atoms with Crippen molar-refractivity contribution < 1.29 is 17.9 Å². The fraction of sp³-hybridized carbons (Fsp3) is 0.308. The number of benzene rings is 1. The van der Waals surface area contributed by atoms with E-state index in [1.54, 1.807) is 26.8 Å². The molecule has 1 aromatic carbocycles. The van der Waals surface area contributed by atoms with E-state index in [9.17, 15) is 13.2 Å². The van der Waals surface area contributed by atoms with Crippen molar-refractivity contribution in [2.75, 3.05) is 4.72 Å². The average molecular weight is 324 g/mol. The molecule has 118 valence electrons. The summed E-state index contributed by atoms with van der Waals surface area (Å²) in [6.07, 6.45) is 0.945. The van der Waals surface area contributed by atoms with Gasteiger partial charge in [-0.05, 0) is 38.5 Å². The molecule has 9 heteroatoms. The quantitative estimate of drug-likeness (QED) is 0.805. The van der Waals surface area contributed by atoms with Crippen LogP contribution in [0.15, 0.2) is 29.3 Å². The SMILES string of the molecule is Cc1ccc(S(=O)(=O)Nc2cn[nH]n2)cc1C(=O)OC(C)C. The predicted molar refractivity (Wildman–Crippen MR) is 78.9 cm³/mol.